The van der Waals surface area contributed by atoms with Crippen LogP contribution in [0, 0.1) is 10.1 Å². The molecule has 2 rings (SSSR count). The van der Waals surface area contributed by atoms with E-state index in [9.17, 15) is 24.5 Å². The van der Waals surface area contributed by atoms with Crippen molar-refractivity contribution in [1.29, 1.82) is 0 Å². The molecule has 1 atom stereocenters. The SMILES string of the molecule is O=C(COC(=O)C1CCC(=O)N1)Nc1ccc([N+](=O)[O-])cc1Br. The zero-order valence-electron chi connectivity index (χ0n) is 11.7. The van der Waals surface area contributed by atoms with Crippen molar-refractivity contribution in [2.75, 3.05) is 11.9 Å². The number of ether oxygens (including phenoxy) is 1. The fourth-order valence-electron chi connectivity index (χ4n) is 1.93. The summed E-state index contributed by atoms with van der Waals surface area (Å²) in [5.74, 6) is -1.50. The maximum atomic E-state index is 11.7. The fourth-order valence-corrected chi connectivity index (χ4v) is 2.40. The summed E-state index contributed by atoms with van der Waals surface area (Å²) >= 11 is 3.11. The lowest BCUT2D eigenvalue weighted by Gasteiger charge is -2.11. The largest absolute Gasteiger partial charge is 0.454 e. The standard InChI is InChI=1S/C13H12BrN3O6/c14-8-5-7(17(21)22)1-2-9(8)15-12(19)6-23-13(20)10-3-4-11(18)16-10/h1-2,5,10H,3-4,6H2,(H,15,19)(H,16,18). The molecule has 1 aromatic rings. The molecule has 1 heterocycles. The highest BCUT2D eigenvalue weighted by Gasteiger charge is 2.28. The molecular weight excluding hydrogens is 374 g/mol. The first-order valence-corrected chi connectivity index (χ1v) is 7.36. The summed E-state index contributed by atoms with van der Waals surface area (Å²) in [6.45, 7) is -0.519. The van der Waals surface area contributed by atoms with E-state index in [2.05, 4.69) is 26.6 Å². The highest BCUT2D eigenvalue weighted by Crippen LogP contribution is 2.27. The Morgan fingerprint density at radius 3 is 2.78 bits per heavy atom. The Kier molecular flexibility index (Phi) is 5.27. The van der Waals surface area contributed by atoms with Crippen molar-refractivity contribution >= 4 is 45.1 Å². The van der Waals surface area contributed by atoms with Crippen LogP contribution in [0.4, 0.5) is 11.4 Å². The predicted molar refractivity (Wildman–Crippen MR) is 81.5 cm³/mol. The van der Waals surface area contributed by atoms with Crippen molar-refractivity contribution in [3.8, 4) is 0 Å². The Hall–Kier alpha value is -2.49. The van der Waals surface area contributed by atoms with Gasteiger partial charge in [-0.15, -0.1) is 0 Å². The van der Waals surface area contributed by atoms with E-state index >= 15 is 0 Å². The number of carbonyl (C=O) groups is 3. The summed E-state index contributed by atoms with van der Waals surface area (Å²) in [7, 11) is 0. The summed E-state index contributed by atoms with van der Waals surface area (Å²) in [6.07, 6.45) is 0.592. The van der Waals surface area contributed by atoms with Gasteiger partial charge in [-0.25, -0.2) is 4.79 Å². The molecule has 9 nitrogen and oxygen atoms in total. The summed E-state index contributed by atoms with van der Waals surface area (Å²) < 4.78 is 5.15. The van der Waals surface area contributed by atoms with Crippen LogP contribution in [0.15, 0.2) is 22.7 Å². The topological polar surface area (TPSA) is 128 Å². The number of amides is 2. The molecule has 1 unspecified atom stereocenters. The van der Waals surface area contributed by atoms with E-state index in [-0.39, 0.29) is 18.0 Å². The van der Waals surface area contributed by atoms with Crippen LogP contribution >= 0.6 is 15.9 Å². The first kappa shape index (κ1) is 16.9. The molecule has 0 saturated carbocycles. The molecule has 23 heavy (non-hydrogen) atoms. The maximum absolute atomic E-state index is 11.7. The van der Waals surface area contributed by atoms with Gasteiger partial charge in [-0.05, 0) is 28.4 Å². The second-order valence-electron chi connectivity index (χ2n) is 4.74. The van der Waals surface area contributed by atoms with Gasteiger partial charge in [-0.3, -0.25) is 19.7 Å². The average molecular weight is 386 g/mol. The van der Waals surface area contributed by atoms with Crippen LogP contribution in [0.5, 0.6) is 0 Å². The molecule has 1 aliphatic heterocycles. The van der Waals surface area contributed by atoms with E-state index in [1.54, 1.807) is 0 Å². The van der Waals surface area contributed by atoms with Crippen LogP contribution in [0.3, 0.4) is 0 Å². The third-order valence-electron chi connectivity index (χ3n) is 3.06. The molecule has 1 aliphatic rings. The Bertz CT molecular complexity index is 678. The molecule has 1 fully saturated rings. The van der Waals surface area contributed by atoms with Crippen molar-refractivity contribution in [2.24, 2.45) is 0 Å². The number of anilines is 1. The average Bonchev–Trinajstić information content (AvgIpc) is 2.93. The van der Waals surface area contributed by atoms with E-state index in [0.29, 0.717) is 16.6 Å². The Morgan fingerprint density at radius 1 is 1.48 bits per heavy atom. The van der Waals surface area contributed by atoms with E-state index < -0.39 is 29.4 Å². The summed E-state index contributed by atoms with van der Waals surface area (Å²) in [6, 6.07) is 3.12. The van der Waals surface area contributed by atoms with Gasteiger partial charge in [0.05, 0.1) is 10.6 Å². The molecule has 1 saturated heterocycles. The molecule has 0 spiro atoms. The zero-order chi connectivity index (χ0) is 17.0. The van der Waals surface area contributed by atoms with Crippen molar-refractivity contribution in [1.82, 2.24) is 5.32 Å². The normalized spacial score (nSPS) is 16.6. The molecule has 0 aliphatic carbocycles. The Morgan fingerprint density at radius 2 is 2.22 bits per heavy atom. The van der Waals surface area contributed by atoms with Gasteiger partial charge in [-0.2, -0.15) is 0 Å². The number of hydrogen-bond donors (Lipinski definition) is 2. The lowest BCUT2D eigenvalue weighted by Crippen LogP contribution is -2.36. The van der Waals surface area contributed by atoms with E-state index in [1.807, 2.05) is 0 Å². The number of halogens is 1. The van der Waals surface area contributed by atoms with E-state index in [1.165, 1.54) is 18.2 Å². The maximum Gasteiger partial charge on any atom is 0.329 e. The number of benzene rings is 1. The molecule has 122 valence electrons. The number of non-ortho nitro benzene ring substituents is 1. The van der Waals surface area contributed by atoms with Crippen molar-refractivity contribution in [2.45, 2.75) is 18.9 Å². The van der Waals surface area contributed by atoms with Gasteiger partial charge in [0, 0.05) is 23.0 Å². The molecule has 0 aromatic heterocycles. The van der Waals surface area contributed by atoms with Crippen LogP contribution in [0.2, 0.25) is 0 Å². The fraction of sp³-hybridized carbons (Fsp3) is 0.308. The van der Waals surface area contributed by atoms with E-state index in [4.69, 9.17) is 4.74 Å². The van der Waals surface area contributed by atoms with Crippen LogP contribution < -0.4 is 10.6 Å². The Balaban J connectivity index is 1.86. The Labute approximate surface area is 138 Å². The number of nitro groups is 1. The summed E-state index contributed by atoms with van der Waals surface area (Å²) in [5, 5.41) is 15.5. The van der Waals surface area contributed by atoms with Crippen LogP contribution in [-0.4, -0.2) is 35.4 Å². The molecule has 0 bridgehead atoms. The number of hydrogen-bond acceptors (Lipinski definition) is 6. The minimum atomic E-state index is -0.721. The molecule has 2 amide bonds. The first-order chi connectivity index (χ1) is 10.9. The van der Waals surface area contributed by atoms with E-state index in [0.717, 1.165) is 0 Å². The highest BCUT2D eigenvalue weighted by atomic mass is 79.9. The third-order valence-corrected chi connectivity index (χ3v) is 3.72. The molecule has 0 radical (unpaired) electrons. The molecule has 2 N–H and O–H groups in total. The van der Waals surface area contributed by atoms with Crippen molar-refractivity contribution in [3.63, 3.8) is 0 Å². The van der Waals surface area contributed by atoms with Gasteiger partial charge in [0.2, 0.25) is 5.91 Å². The van der Waals surface area contributed by atoms with Gasteiger partial charge in [-0.1, -0.05) is 0 Å². The summed E-state index contributed by atoms with van der Waals surface area (Å²) in [4.78, 5) is 44.4. The monoisotopic (exact) mass is 385 g/mol. The first-order valence-electron chi connectivity index (χ1n) is 6.56. The second-order valence-corrected chi connectivity index (χ2v) is 5.59. The van der Waals surface area contributed by atoms with Crippen LogP contribution in [0.25, 0.3) is 0 Å². The van der Waals surface area contributed by atoms with Gasteiger partial charge in [0.15, 0.2) is 6.61 Å². The van der Waals surface area contributed by atoms with Crippen LogP contribution in [-0.2, 0) is 19.1 Å². The molecular formula is C13H12BrN3O6. The minimum absolute atomic E-state index is 0.127. The lowest BCUT2D eigenvalue weighted by atomic mass is 10.2. The number of nitrogens with zero attached hydrogens (tertiary/aromatic N) is 1. The molecule has 1 aromatic carbocycles. The smallest absolute Gasteiger partial charge is 0.329 e. The number of carbonyl (C=O) groups excluding carboxylic acids is 3. The van der Waals surface area contributed by atoms with Gasteiger partial charge >= 0.3 is 5.97 Å². The minimum Gasteiger partial charge on any atom is -0.454 e. The predicted octanol–water partition coefficient (Wildman–Crippen LogP) is 1.12. The zero-order valence-corrected chi connectivity index (χ0v) is 13.3. The summed E-state index contributed by atoms with van der Waals surface area (Å²) in [5.41, 5.74) is 0.184. The number of nitro benzene ring substituents is 1. The van der Waals surface area contributed by atoms with Crippen molar-refractivity contribution in [3.05, 3.63) is 32.8 Å². The van der Waals surface area contributed by atoms with Gasteiger partial charge in [0.25, 0.3) is 11.6 Å². The highest BCUT2D eigenvalue weighted by molar-refractivity contribution is 9.10. The third kappa shape index (κ3) is 4.49. The van der Waals surface area contributed by atoms with Gasteiger partial charge in [0.1, 0.15) is 6.04 Å². The number of esters is 1. The van der Waals surface area contributed by atoms with Crippen molar-refractivity contribution < 1.29 is 24.0 Å². The number of rotatable bonds is 5. The second kappa shape index (κ2) is 7.18. The van der Waals surface area contributed by atoms with Crippen LogP contribution in [0.1, 0.15) is 12.8 Å². The molecule has 10 heteroatoms. The van der Waals surface area contributed by atoms with Gasteiger partial charge < -0.3 is 15.4 Å². The number of nitrogens with one attached hydrogen (secondary N) is 2. The quantitative estimate of drug-likeness (QED) is 0.444. The lowest BCUT2D eigenvalue weighted by molar-refractivity contribution is -0.384.